The largest absolute Gasteiger partial charge is 0.493 e. The highest BCUT2D eigenvalue weighted by atomic mass is 16.5. The third-order valence-corrected chi connectivity index (χ3v) is 2.60. The number of rotatable bonds is 8. The normalized spacial score (nSPS) is 12.4. The molecule has 0 aliphatic rings. The molecule has 16 heavy (non-hydrogen) atoms. The Morgan fingerprint density at radius 2 is 1.88 bits per heavy atom. The Labute approximate surface area is 98.3 Å². The van der Waals surface area contributed by atoms with Crippen LogP contribution in [-0.2, 0) is 0 Å². The first kappa shape index (κ1) is 13.0. The highest BCUT2D eigenvalue weighted by molar-refractivity contribution is 5.20. The zero-order valence-corrected chi connectivity index (χ0v) is 10.1. The van der Waals surface area contributed by atoms with Crippen molar-refractivity contribution in [2.75, 3.05) is 6.61 Å². The van der Waals surface area contributed by atoms with Gasteiger partial charge in [0.1, 0.15) is 5.75 Å². The summed E-state index contributed by atoms with van der Waals surface area (Å²) in [5, 5.41) is 9.67. The fourth-order valence-corrected chi connectivity index (χ4v) is 1.60. The van der Waals surface area contributed by atoms with E-state index in [-0.39, 0.29) is 6.10 Å². The van der Waals surface area contributed by atoms with Gasteiger partial charge < -0.3 is 9.84 Å². The number of hydrogen-bond donors (Lipinski definition) is 1. The molecule has 2 heteroatoms. The molecule has 0 aliphatic carbocycles. The van der Waals surface area contributed by atoms with E-state index in [2.05, 4.69) is 6.92 Å². The summed E-state index contributed by atoms with van der Waals surface area (Å²) in [6.45, 7) is 2.77. The Morgan fingerprint density at radius 1 is 1.12 bits per heavy atom. The number of hydrogen-bond acceptors (Lipinski definition) is 2. The summed E-state index contributed by atoms with van der Waals surface area (Å²) >= 11 is 0. The lowest BCUT2D eigenvalue weighted by Gasteiger charge is -2.11. The summed E-state index contributed by atoms with van der Waals surface area (Å²) in [4.78, 5) is 0. The van der Waals surface area contributed by atoms with Crippen LogP contribution in [0, 0.1) is 0 Å². The maximum Gasteiger partial charge on any atom is 0.119 e. The SMILES string of the molecule is CCCCCC(O)CCOc1ccccc1. The van der Waals surface area contributed by atoms with Crippen LogP contribution in [0.2, 0.25) is 0 Å². The van der Waals surface area contributed by atoms with E-state index in [0.29, 0.717) is 6.61 Å². The lowest BCUT2D eigenvalue weighted by molar-refractivity contribution is 0.128. The average molecular weight is 222 g/mol. The maximum atomic E-state index is 9.67. The highest BCUT2D eigenvalue weighted by Gasteiger charge is 2.03. The van der Waals surface area contributed by atoms with Gasteiger partial charge in [-0.25, -0.2) is 0 Å². The maximum absolute atomic E-state index is 9.67. The number of unbranched alkanes of at least 4 members (excludes halogenated alkanes) is 2. The van der Waals surface area contributed by atoms with Gasteiger partial charge >= 0.3 is 0 Å². The van der Waals surface area contributed by atoms with E-state index in [9.17, 15) is 5.11 Å². The first-order chi connectivity index (χ1) is 7.83. The van der Waals surface area contributed by atoms with Crippen LogP contribution in [0.15, 0.2) is 30.3 Å². The van der Waals surface area contributed by atoms with Crippen molar-refractivity contribution in [1.29, 1.82) is 0 Å². The molecule has 1 N–H and O–H groups in total. The molecule has 0 aliphatic heterocycles. The molecule has 0 fully saturated rings. The van der Waals surface area contributed by atoms with Gasteiger partial charge in [-0.3, -0.25) is 0 Å². The number of ether oxygens (including phenoxy) is 1. The van der Waals surface area contributed by atoms with Crippen LogP contribution >= 0.6 is 0 Å². The summed E-state index contributed by atoms with van der Waals surface area (Å²) in [6, 6.07) is 9.74. The fraction of sp³-hybridized carbons (Fsp3) is 0.571. The molecule has 1 rings (SSSR count). The topological polar surface area (TPSA) is 29.5 Å². The Morgan fingerprint density at radius 3 is 2.56 bits per heavy atom. The molecule has 0 bridgehead atoms. The molecule has 0 saturated heterocycles. The lowest BCUT2D eigenvalue weighted by atomic mass is 10.1. The fourth-order valence-electron chi connectivity index (χ4n) is 1.60. The van der Waals surface area contributed by atoms with Crippen LogP contribution in [0.3, 0.4) is 0 Å². The van der Waals surface area contributed by atoms with Gasteiger partial charge in [-0.2, -0.15) is 0 Å². The molecule has 1 aromatic rings. The van der Waals surface area contributed by atoms with Crippen molar-refractivity contribution in [3.63, 3.8) is 0 Å². The molecule has 0 saturated carbocycles. The molecule has 90 valence electrons. The predicted octanol–water partition coefficient (Wildman–Crippen LogP) is 3.40. The monoisotopic (exact) mass is 222 g/mol. The van der Waals surface area contributed by atoms with Gasteiger partial charge in [0.15, 0.2) is 0 Å². The van der Waals surface area contributed by atoms with Crippen molar-refractivity contribution in [3.8, 4) is 5.75 Å². The van der Waals surface area contributed by atoms with E-state index in [4.69, 9.17) is 4.74 Å². The second kappa shape index (κ2) is 8.17. The Bertz CT molecular complexity index is 259. The summed E-state index contributed by atoms with van der Waals surface area (Å²) < 4.78 is 5.52. The zero-order valence-electron chi connectivity index (χ0n) is 10.1. The van der Waals surface area contributed by atoms with Crippen LogP contribution in [0.4, 0.5) is 0 Å². The van der Waals surface area contributed by atoms with Crippen LogP contribution in [0.25, 0.3) is 0 Å². The number of benzene rings is 1. The van der Waals surface area contributed by atoms with Crippen molar-refractivity contribution in [2.45, 2.75) is 45.1 Å². The number of aliphatic hydroxyl groups excluding tert-OH is 1. The standard InChI is InChI=1S/C14H22O2/c1-2-3-5-8-13(15)11-12-16-14-9-6-4-7-10-14/h4,6-7,9-10,13,15H,2-3,5,8,11-12H2,1H3. The van der Waals surface area contributed by atoms with E-state index < -0.39 is 0 Å². The minimum Gasteiger partial charge on any atom is -0.493 e. The minimum absolute atomic E-state index is 0.213. The van der Waals surface area contributed by atoms with Crippen molar-refractivity contribution in [3.05, 3.63) is 30.3 Å². The zero-order chi connectivity index (χ0) is 11.6. The molecule has 1 aromatic carbocycles. The smallest absolute Gasteiger partial charge is 0.119 e. The van der Waals surface area contributed by atoms with Crippen LogP contribution < -0.4 is 4.74 Å². The van der Waals surface area contributed by atoms with Crippen LogP contribution in [0.1, 0.15) is 39.0 Å². The van der Waals surface area contributed by atoms with Crippen molar-refractivity contribution >= 4 is 0 Å². The van der Waals surface area contributed by atoms with Crippen molar-refractivity contribution in [2.24, 2.45) is 0 Å². The van der Waals surface area contributed by atoms with E-state index in [1.165, 1.54) is 12.8 Å². The van der Waals surface area contributed by atoms with E-state index >= 15 is 0 Å². The first-order valence-electron chi connectivity index (χ1n) is 6.19. The van der Waals surface area contributed by atoms with Gasteiger partial charge in [0.05, 0.1) is 12.7 Å². The van der Waals surface area contributed by atoms with Crippen molar-refractivity contribution in [1.82, 2.24) is 0 Å². The van der Waals surface area contributed by atoms with Gasteiger partial charge in [-0.15, -0.1) is 0 Å². The molecule has 2 nitrogen and oxygen atoms in total. The number of para-hydroxylation sites is 1. The van der Waals surface area contributed by atoms with Gasteiger partial charge in [0.2, 0.25) is 0 Å². The predicted molar refractivity (Wildman–Crippen MR) is 66.7 cm³/mol. The Balaban J connectivity index is 2.06. The van der Waals surface area contributed by atoms with Gasteiger partial charge in [-0.05, 0) is 18.6 Å². The second-order valence-electron chi connectivity index (χ2n) is 4.10. The van der Waals surface area contributed by atoms with Crippen molar-refractivity contribution < 1.29 is 9.84 Å². The molecule has 1 atom stereocenters. The molecule has 0 aromatic heterocycles. The van der Waals surface area contributed by atoms with Gasteiger partial charge in [0, 0.05) is 6.42 Å². The third kappa shape index (κ3) is 5.76. The molecular formula is C14H22O2. The van der Waals surface area contributed by atoms with E-state index in [1.54, 1.807) is 0 Å². The van der Waals surface area contributed by atoms with Gasteiger partial charge in [0.25, 0.3) is 0 Å². The molecule has 0 heterocycles. The molecule has 0 radical (unpaired) electrons. The van der Waals surface area contributed by atoms with Crippen LogP contribution in [0.5, 0.6) is 5.75 Å². The Kier molecular flexibility index (Phi) is 6.66. The number of aliphatic hydroxyl groups is 1. The Hall–Kier alpha value is -1.02. The molecule has 0 amide bonds. The quantitative estimate of drug-likeness (QED) is 0.683. The summed E-state index contributed by atoms with van der Waals surface area (Å²) in [7, 11) is 0. The van der Waals surface area contributed by atoms with Gasteiger partial charge in [-0.1, -0.05) is 44.4 Å². The van der Waals surface area contributed by atoms with Crippen LogP contribution in [-0.4, -0.2) is 17.8 Å². The summed E-state index contributed by atoms with van der Waals surface area (Å²) in [5.74, 6) is 0.878. The second-order valence-corrected chi connectivity index (χ2v) is 4.10. The summed E-state index contributed by atoms with van der Waals surface area (Å²) in [5.41, 5.74) is 0. The van der Waals surface area contributed by atoms with E-state index in [1.807, 2.05) is 30.3 Å². The third-order valence-electron chi connectivity index (χ3n) is 2.60. The highest BCUT2D eigenvalue weighted by Crippen LogP contribution is 2.10. The molecular weight excluding hydrogens is 200 g/mol. The first-order valence-corrected chi connectivity index (χ1v) is 6.19. The summed E-state index contributed by atoms with van der Waals surface area (Å²) in [6.07, 6.45) is 4.92. The van der Waals surface area contributed by atoms with E-state index in [0.717, 1.165) is 25.0 Å². The molecule has 1 unspecified atom stereocenters. The average Bonchev–Trinajstić information content (AvgIpc) is 2.31. The minimum atomic E-state index is -0.213. The molecule has 0 spiro atoms. The lowest BCUT2D eigenvalue weighted by Crippen LogP contribution is -2.11.